The van der Waals surface area contributed by atoms with Gasteiger partial charge in [-0.2, -0.15) is 0 Å². The molecule has 2 aromatic rings. The number of benzene rings is 1. The van der Waals surface area contributed by atoms with Gasteiger partial charge in [-0.15, -0.1) is 0 Å². The fraction of sp³-hybridized carbons (Fsp3) is 0.500. The van der Waals surface area contributed by atoms with Gasteiger partial charge in [0.2, 0.25) is 0 Å². The molecule has 1 aliphatic heterocycles. The van der Waals surface area contributed by atoms with Crippen LogP contribution in [0.5, 0.6) is 5.75 Å². The first-order valence-electron chi connectivity index (χ1n) is 8.30. The Bertz CT molecular complexity index is 784. The standard InChI is InChI=1S/C18H22ClNO3/c1-3-12-6-4-5-7-20(12)10-14-17(22)15(19)9-13-11(2)8-16(21)23-18(13)14/h8-9,12,22H,3-7,10H2,1-2H3/p+1/t12-/m0/s1. The Morgan fingerprint density at radius 3 is 2.91 bits per heavy atom. The number of likely N-dealkylation sites (tertiary alicyclic amines) is 1. The highest BCUT2D eigenvalue weighted by Crippen LogP contribution is 2.35. The molecule has 1 aromatic carbocycles. The molecule has 0 bridgehead atoms. The van der Waals surface area contributed by atoms with E-state index in [4.69, 9.17) is 16.0 Å². The van der Waals surface area contributed by atoms with Crippen LogP contribution in [0.4, 0.5) is 0 Å². The SMILES string of the molecule is CC[C@H]1CCCC[NH+]1Cc1c(O)c(Cl)cc2c(C)cc(=O)oc12. The number of quaternary nitrogens is 1. The van der Waals surface area contributed by atoms with Crippen LogP contribution >= 0.6 is 11.6 Å². The van der Waals surface area contributed by atoms with Crippen LogP contribution in [-0.4, -0.2) is 17.7 Å². The van der Waals surface area contributed by atoms with Gasteiger partial charge in [0.15, 0.2) is 5.58 Å². The normalized spacial score (nSPS) is 21.7. The van der Waals surface area contributed by atoms with Crippen LogP contribution in [0.1, 0.15) is 43.7 Å². The fourth-order valence-corrected chi connectivity index (χ4v) is 3.96. The van der Waals surface area contributed by atoms with Crippen LogP contribution in [0.3, 0.4) is 0 Å². The maximum absolute atomic E-state index is 11.8. The quantitative estimate of drug-likeness (QED) is 0.847. The van der Waals surface area contributed by atoms with Gasteiger partial charge in [0.1, 0.15) is 12.3 Å². The van der Waals surface area contributed by atoms with E-state index in [-0.39, 0.29) is 5.75 Å². The summed E-state index contributed by atoms with van der Waals surface area (Å²) >= 11 is 6.21. The van der Waals surface area contributed by atoms with Gasteiger partial charge in [-0.05, 0) is 44.2 Å². The second-order valence-electron chi connectivity index (χ2n) is 6.50. The number of fused-ring (bicyclic) bond motifs is 1. The van der Waals surface area contributed by atoms with E-state index >= 15 is 0 Å². The largest absolute Gasteiger partial charge is 0.506 e. The molecule has 1 aromatic heterocycles. The number of aryl methyl sites for hydroxylation is 1. The predicted molar refractivity (Wildman–Crippen MR) is 91.4 cm³/mol. The highest BCUT2D eigenvalue weighted by molar-refractivity contribution is 6.33. The highest BCUT2D eigenvalue weighted by Gasteiger charge is 2.27. The lowest BCUT2D eigenvalue weighted by atomic mass is 9.98. The van der Waals surface area contributed by atoms with Crippen molar-refractivity contribution in [1.82, 2.24) is 0 Å². The number of rotatable bonds is 3. The lowest BCUT2D eigenvalue weighted by Gasteiger charge is -2.32. The lowest BCUT2D eigenvalue weighted by Crippen LogP contribution is -3.15. The summed E-state index contributed by atoms with van der Waals surface area (Å²) in [5.41, 5.74) is 1.56. The minimum absolute atomic E-state index is 0.0424. The van der Waals surface area contributed by atoms with Crippen LogP contribution in [0, 0.1) is 6.92 Å². The number of aromatic hydroxyl groups is 1. The molecule has 3 rings (SSSR count). The topological polar surface area (TPSA) is 54.9 Å². The van der Waals surface area contributed by atoms with Crippen molar-refractivity contribution in [2.75, 3.05) is 6.54 Å². The molecule has 0 radical (unpaired) electrons. The smallest absolute Gasteiger partial charge is 0.336 e. The second kappa shape index (κ2) is 6.54. The molecule has 2 N–H and O–H groups in total. The van der Waals surface area contributed by atoms with E-state index in [1.165, 1.54) is 30.2 Å². The van der Waals surface area contributed by atoms with Crippen molar-refractivity contribution >= 4 is 22.6 Å². The molecule has 23 heavy (non-hydrogen) atoms. The number of phenols is 1. The van der Waals surface area contributed by atoms with E-state index in [9.17, 15) is 9.90 Å². The maximum Gasteiger partial charge on any atom is 0.336 e. The molecule has 0 aliphatic carbocycles. The zero-order valence-corrected chi connectivity index (χ0v) is 14.4. The minimum atomic E-state index is -0.390. The number of nitrogens with one attached hydrogen (secondary N) is 1. The highest BCUT2D eigenvalue weighted by atomic mass is 35.5. The van der Waals surface area contributed by atoms with Gasteiger partial charge in [-0.3, -0.25) is 0 Å². The van der Waals surface area contributed by atoms with Gasteiger partial charge >= 0.3 is 5.63 Å². The average molecular weight is 337 g/mol. The first-order valence-corrected chi connectivity index (χ1v) is 8.68. The summed E-state index contributed by atoms with van der Waals surface area (Å²) in [4.78, 5) is 13.2. The van der Waals surface area contributed by atoms with E-state index in [1.54, 1.807) is 6.07 Å². The molecule has 0 saturated carbocycles. The van der Waals surface area contributed by atoms with Gasteiger partial charge in [-0.25, -0.2) is 4.79 Å². The summed E-state index contributed by atoms with van der Waals surface area (Å²) in [6.07, 6.45) is 4.76. The summed E-state index contributed by atoms with van der Waals surface area (Å²) < 4.78 is 5.43. The van der Waals surface area contributed by atoms with E-state index in [0.29, 0.717) is 28.8 Å². The molecule has 1 fully saturated rings. The van der Waals surface area contributed by atoms with Gasteiger partial charge in [0, 0.05) is 11.5 Å². The maximum atomic E-state index is 11.8. The van der Waals surface area contributed by atoms with Gasteiger partial charge < -0.3 is 14.4 Å². The van der Waals surface area contributed by atoms with Crippen molar-refractivity contribution in [3.8, 4) is 5.75 Å². The van der Waals surface area contributed by atoms with Crippen molar-refractivity contribution in [3.63, 3.8) is 0 Å². The third kappa shape index (κ3) is 3.10. The third-order valence-corrected chi connectivity index (χ3v) is 5.33. The van der Waals surface area contributed by atoms with E-state index in [2.05, 4.69) is 6.92 Å². The molecule has 124 valence electrons. The van der Waals surface area contributed by atoms with Crippen LogP contribution in [0.15, 0.2) is 21.3 Å². The molecule has 4 nitrogen and oxygen atoms in total. The zero-order chi connectivity index (χ0) is 16.6. The summed E-state index contributed by atoms with van der Waals surface area (Å²) in [5.74, 6) is 0.0424. The molecule has 5 heteroatoms. The van der Waals surface area contributed by atoms with Gasteiger partial charge in [0.25, 0.3) is 0 Å². The molecular weight excluding hydrogens is 314 g/mol. The lowest BCUT2D eigenvalue weighted by molar-refractivity contribution is -0.944. The number of hydrogen-bond acceptors (Lipinski definition) is 3. The summed E-state index contributed by atoms with van der Waals surface area (Å²) in [6, 6.07) is 3.72. The predicted octanol–water partition coefficient (Wildman–Crippen LogP) is 2.81. The zero-order valence-electron chi connectivity index (χ0n) is 13.6. The van der Waals surface area contributed by atoms with Crippen molar-refractivity contribution < 1.29 is 14.4 Å². The Hall–Kier alpha value is -1.52. The van der Waals surface area contributed by atoms with Crippen molar-refractivity contribution in [3.05, 3.63) is 38.7 Å². The second-order valence-corrected chi connectivity index (χ2v) is 6.90. The minimum Gasteiger partial charge on any atom is -0.506 e. The van der Waals surface area contributed by atoms with Crippen LogP contribution in [0.25, 0.3) is 11.0 Å². The van der Waals surface area contributed by atoms with Crippen molar-refractivity contribution in [2.24, 2.45) is 0 Å². The average Bonchev–Trinajstić information content (AvgIpc) is 2.53. The van der Waals surface area contributed by atoms with Crippen LogP contribution < -0.4 is 10.5 Å². The Morgan fingerprint density at radius 2 is 2.17 bits per heavy atom. The summed E-state index contributed by atoms with van der Waals surface area (Å²) in [6.45, 7) is 5.77. The van der Waals surface area contributed by atoms with Gasteiger partial charge in [-0.1, -0.05) is 18.5 Å². The number of halogens is 1. The Labute approximate surface area is 140 Å². The van der Waals surface area contributed by atoms with Crippen molar-refractivity contribution in [2.45, 2.75) is 52.1 Å². The van der Waals surface area contributed by atoms with E-state index < -0.39 is 5.63 Å². The first kappa shape index (κ1) is 16.3. The first-order chi connectivity index (χ1) is 11.0. The number of piperidine rings is 1. The van der Waals surface area contributed by atoms with E-state index in [0.717, 1.165) is 23.9 Å². The number of hydrogen-bond donors (Lipinski definition) is 2. The molecule has 1 saturated heterocycles. The third-order valence-electron chi connectivity index (χ3n) is 5.04. The molecule has 0 spiro atoms. The van der Waals surface area contributed by atoms with Crippen LogP contribution in [0.2, 0.25) is 5.02 Å². The molecular formula is C18H23ClNO3+. The monoisotopic (exact) mass is 336 g/mol. The molecule has 2 heterocycles. The van der Waals surface area contributed by atoms with Crippen molar-refractivity contribution in [1.29, 1.82) is 0 Å². The molecule has 0 amide bonds. The Morgan fingerprint density at radius 1 is 1.39 bits per heavy atom. The van der Waals surface area contributed by atoms with Crippen LogP contribution in [-0.2, 0) is 6.54 Å². The van der Waals surface area contributed by atoms with Gasteiger partial charge in [0.05, 0.1) is 23.2 Å². The Kier molecular flexibility index (Phi) is 4.64. The Balaban J connectivity index is 2.12. The molecule has 1 unspecified atom stereocenters. The summed E-state index contributed by atoms with van der Waals surface area (Å²) in [5, 5.41) is 11.6. The summed E-state index contributed by atoms with van der Waals surface area (Å²) in [7, 11) is 0. The molecule has 2 atom stereocenters. The van der Waals surface area contributed by atoms with E-state index in [1.807, 2.05) is 6.92 Å². The molecule has 1 aliphatic rings. The fourth-order valence-electron chi connectivity index (χ4n) is 3.74. The number of phenolic OH excluding ortho intramolecular Hbond substituents is 1.